The molecule has 4 heteroatoms. The summed E-state index contributed by atoms with van der Waals surface area (Å²) in [7, 11) is 0. The molecule has 0 aliphatic carbocycles. The van der Waals surface area contributed by atoms with Crippen LogP contribution in [0.2, 0.25) is 0 Å². The standard InChI is InChI=1S/C10H22N2O2/c1-2-13-6-3-4-12-5-7-14-10(8-11)9-12/h10H,2-9,11H2,1H3. The molecule has 0 aromatic carbocycles. The van der Waals surface area contributed by atoms with Crippen molar-refractivity contribution in [2.24, 2.45) is 5.73 Å². The molecule has 2 N–H and O–H groups in total. The molecule has 0 aromatic heterocycles. The minimum Gasteiger partial charge on any atom is -0.382 e. The molecule has 0 amide bonds. The summed E-state index contributed by atoms with van der Waals surface area (Å²) >= 11 is 0. The molecule has 0 radical (unpaired) electrons. The number of hydrogen-bond acceptors (Lipinski definition) is 4. The second kappa shape index (κ2) is 7.17. The van der Waals surface area contributed by atoms with Gasteiger partial charge in [-0.25, -0.2) is 0 Å². The minimum atomic E-state index is 0.232. The maximum atomic E-state index is 5.57. The van der Waals surface area contributed by atoms with Gasteiger partial charge in [0.05, 0.1) is 12.7 Å². The van der Waals surface area contributed by atoms with E-state index in [4.69, 9.17) is 15.2 Å². The molecule has 1 atom stereocenters. The Hall–Kier alpha value is -0.160. The highest BCUT2D eigenvalue weighted by atomic mass is 16.5. The highest BCUT2D eigenvalue weighted by molar-refractivity contribution is 4.71. The molecule has 1 fully saturated rings. The van der Waals surface area contributed by atoms with Crippen LogP contribution in [0.5, 0.6) is 0 Å². The molecule has 1 saturated heterocycles. The van der Waals surface area contributed by atoms with E-state index in [0.29, 0.717) is 6.54 Å². The molecule has 1 rings (SSSR count). The molecule has 1 aliphatic heterocycles. The van der Waals surface area contributed by atoms with Gasteiger partial charge in [-0.1, -0.05) is 0 Å². The summed E-state index contributed by atoms with van der Waals surface area (Å²) in [4.78, 5) is 2.40. The lowest BCUT2D eigenvalue weighted by atomic mass is 10.2. The molecule has 14 heavy (non-hydrogen) atoms. The molecular formula is C10H22N2O2. The van der Waals surface area contributed by atoms with Gasteiger partial charge < -0.3 is 15.2 Å². The first kappa shape index (κ1) is 11.9. The van der Waals surface area contributed by atoms with Crippen molar-refractivity contribution in [1.29, 1.82) is 0 Å². The van der Waals surface area contributed by atoms with Crippen LogP contribution in [0, 0.1) is 0 Å². The third-order valence-electron chi connectivity index (χ3n) is 2.45. The van der Waals surface area contributed by atoms with Gasteiger partial charge in [-0.05, 0) is 13.3 Å². The quantitative estimate of drug-likeness (QED) is 0.619. The molecule has 1 heterocycles. The highest BCUT2D eigenvalue weighted by Gasteiger charge is 2.18. The fourth-order valence-corrected chi connectivity index (χ4v) is 1.66. The van der Waals surface area contributed by atoms with Gasteiger partial charge in [0.2, 0.25) is 0 Å². The molecule has 0 saturated carbocycles. The Bertz CT molecular complexity index is 144. The lowest BCUT2D eigenvalue weighted by Crippen LogP contribution is -2.45. The van der Waals surface area contributed by atoms with Crippen LogP contribution in [0.1, 0.15) is 13.3 Å². The van der Waals surface area contributed by atoms with E-state index in [1.165, 1.54) is 0 Å². The van der Waals surface area contributed by atoms with E-state index in [0.717, 1.165) is 45.9 Å². The van der Waals surface area contributed by atoms with Crippen molar-refractivity contribution in [3.8, 4) is 0 Å². The second-order valence-electron chi connectivity index (χ2n) is 3.58. The summed E-state index contributed by atoms with van der Waals surface area (Å²) in [6.45, 7) is 8.25. The van der Waals surface area contributed by atoms with Gasteiger partial charge in [-0.3, -0.25) is 4.90 Å². The molecule has 0 bridgehead atoms. The molecular weight excluding hydrogens is 180 g/mol. The van der Waals surface area contributed by atoms with E-state index >= 15 is 0 Å². The largest absolute Gasteiger partial charge is 0.382 e. The Morgan fingerprint density at radius 1 is 1.57 bits per heavy atom. The van der Waals surface area contributed by atoms with Crippen LogP contribution in [-0.2, 0) is 9.47 Å². The Morgan fingerprint density at radius 3 is 3.14 bits per heavy atom. The van der Waals surface area contributed by atoms with Crippen molar-refractivity contribution in [1.82, 2.24) is 4.90 Å². The van der Waals surface area contributed by atoms with Crippen molar-refractivity contribution in [2.75, 3.05) is 46.0 Å². The van der Waals surface area contributed by atoms with Crippen LogP contribution in [0.15, 0.2) is 0 Å². The lowest BCUT2D eigenvalue weighted by molar-refractivity contribution is -0.0254. The first-order valence-electron chi connectivity index (χ1n) is 5.48. The normalized spacial score (nSPS) is 24.0. The van der Waals surface area contributed by atoms with Gasteiger partial charge in [0.25, 0.3) is 0 Å². The smallest absolute Gasteiger partial charge is 0.0824 e. The number of nitrogens with two attached hydrogens (primary N) is 1. The summed E-state index contributed by atoms with van der Waals surface area (Å²) < 4.78 is 10.8. The van der Waals surface area contributed by atoms with Crippen molar-refractivity contribution in [3.63, 3.8) is 0 Å². The molecule has 1 aliphatic rings. The van der Waals surface area contributed by atoms with Crippen molar-refractivity contribution >= 4 is 0 Å². The Kier molecular flexibility index (Phi) is 6.10. The van der Waals surface area contributed by atoms with E-state index in [-0.39, 0.29) is 6.10 Å². The van der Waals surface area contributed by atoms with Gasteiger partial charge >= 0.3 is 0 Å². The zero-order valence-electron chi connectivity index (χ0n) is 9.08. The fraction of sp³-hybridized carbons (Fsp3) is 1.00. The van der Waals surface area contributed by atoms with Crippen LogP contribution in [0.4, 0.5) is 0 Å². The Labute approximate surface area is 86.3 Å². The van der Waals surface area contributed by atoms with Gasteiger partial charge in [-0.15, -0.1) is 0 Å². The maximum Gasteiger partial charge on any atom is 0.0824 e. The first-order valence-corrected chi connectivity index (χ1v) is 5.48. The van der Waals surface area contributed by atoms with E-state index < -0.39 is 0 Å². The highest BCUT2D eigenvalue weighted by Crippen LogP contribution is 2.04. The van der Waals surface area contributed by atoms with E-state index in [1.54, 1.807) is 0 Å². The summed E-state index contributed by atoms with van der Waals surface area (Å²) in [5.74, 6) is 0. The van der Waals surface area contributed by atoms with Crippen molar-refractivity contribution in [3.05, 3.63) is 0 Å². The first-order chi connectivity index (χ1) is 6.86. The average Bonchev–Trinajstić information content (AvgIpc) is 2.25. The van der Waals surface area contributed by atoms with Crippen LogP contribution >= 0.6 is 0 Å². The van der Waals surface area contributed by atoms with Gasteiger partial charge in [-0.2, -0.15) is 0 Å². The molecule has 4 nitrogen and oxygen atoms in total. The molecule has 1 unspecified atom stereocenters. The minimum absolute atomic E-state index is 0.232. The number of morpholine rings is 1. The predicted octanol–water partition coefficient (Wildman–Crippen LogP) is 0.0725. The van der Waals surface area contributed by atoms with E-state index in [9.17, 15) is 0 Å². The molecule has 0 spiro atoms. The van der Waals surface area contributed by atoms with Crippen molar-refractivity contribution in [2.45, 2.75) is 19.4 Å². The topological polar surface area (TPSA) is 47.7 Å². The number of ether oxygens (including phenoxy) is 2. The molecule has 84 valence electrons. The summed E-state index contributed by atoms with van der Waals surface area (Å²) in [6.07, 6.45) is 1.33. The van der Waals surface area contributed by atoms with Crippen LogP contribution in [0.3, 0.4) is 0 Å². The Morgan fingerprint density at radius 2 is 2.43 bits per heavy atom. The predicted molar refractivity (Wildman–Crippen MR) is 56.3 cm³/mol. The number of rotatable bonds is 6. The summed E-state index contributed by atoms with van der Waals surface area (Å²) in [5, 5.41) is 0. The Balaban J connectivity index is 2.05. The summed E-state index contributed by atoms with van der Waals surface area (Å²) in [6, 6.07) is 0. The number of hydrogen-bond donors (Lipinski definition) is 1. The van der Waals surface area contributed by atoms with Crippen LogP contribution in [0.25, 0.3) is 0 Å². The zero-order chi connectivity index (χ0) is 10.2. The SMILES string of the molecule is CCOCCCN1CCOC(CN)C1. The monoisotopic (exact) mass is 202 g/mol. The lowest BCUT2D eigenvalue weighted by Gasteiger charge is -2.32. The molecule has 0 aromatic rings. The van der Waals surface area contributed by atoms with Crippen LogP contribution in [-0.4, -0.2) is 57.0 Å². The summed E-state index contributed by atoms with van der Waals surface area (Å²) in [5.41, 5.74) is 5.57. The third kappa shape index (κ3) is 4.37. The van der Waals surface area contributed by atoms with E-state index in [1.807, 2.05) is 6.92 Å². The number of nitrogens with zero attached hydrogens (tertiary/aromatic N) is 1. The van der Waals surface area contributed by atoms with E-state index in [2.05, 4.69) is 4.90 Å². The van der Waals surface area contributed by atoms with Crippen molar-refractivity contribution < 1.29 is 9.47 Å². The zero-order valence-corrected chi connectivity index (χ0v) is 9.08. The van der Waals surface area contributed by atoms with Crippen LogP contribution < -0.4 is 5.73 Å². The van der Waals surface area contributed by atoms with Gasteiger partial charge in [0, 0.05) is 39.4 Å². The second-order valence-corrected chi connectivity index (χ2v) is 3.58. The van der Waals surface area contributed by atoms with Gasteiger partial charge in [0.15, 0.2) is 0 Å². The fourth-order valence-electron chi connectivity index (χ4n) is 1.66. The third-order valence-corrected chi connectivity index (χ3v) is 2.45. The van der Waals surface area contributed by atoms with Gasteiger partial charge in [0.1, 0.15) is 0 Å². The average molecular weight is 202 g/mol. The maximum absolute atomic E-state index is 5.57.